The zero-order chi connectivity index (χ0) is 48.6. The summed E-state index contributed by atoms with van der Waals surface area (Å²) in [4.78, 5) is 7.50. The minimum absolute atomic E-state index is 0.0617. The van der Waals surface area contributed by atoms with E-state index in [9.17, 15) is 0 Å². The number of nitrogens with zero attached hydrogens (tertiary/aromatic N) is 3. The van der Waals surface area contributed by atoms with Gasteiger partial charge in [-0.2, -0.15) is 0 Å². The Morgan fingerprint density at radius 1 is 0.400 bits per heavy atom. The molecule has 0 fully saturated rings. The highest BCUT2D eigenvalue weighted by Gasteiger charge is 2.44. The van der Waals surface area contributed by atoms with Crippen LogP contribution in [0.2, 0.25) is 0 Å². The first-order valence-electron chi connectivity index (χ1n) is 24.8. The van der Waals surface area contributed by atoms with Gasteiger partial charge >= 0.3 is 0 Å². The van der Waals surface area contributed by atoms with Crippen molar-refractivity contribution in [2.45, 2.75) is 80.1 Å². The van der Waals surface area contributed by atoms with Crippen molar-refractivity contribution in [2.24, 2.45) is 0 Å². The van der Waals surface area contributed by atoms with Crippen molar-refractivity contribution < 1.29 is 0 Å². The number of para-hydroxylation sites is 1. The highest BCUT2D eigenvalue weighted by atomic mass is 15.2. The van der Waals surface area contributed by atoms with E-state index in [0.717, 1.165) is 39.8 Å². The van der Waals surface area contributed by atoms with Crippen LogP contribution in [0.25, 0.3) is 22.3 Å². The van der Waals surface area contributed by atoms with Gasteiger partial charge in [0.2, 0.25) is 0 Å². The first-order valence-corrected chi connectivity index (χ1v) is 24.8. The Morgan fingerprint density at radius 2 is 0.843 bits per heavy atom. The van der Waals surface area contributed by atoms with Gasteiger partial charge in [-0.25, -0.2) is 0 Å². The van der Waals surface area contributed by atoms with Crippen LogP contribution in [0.15, 0.2) is 182 Å². The van der Waals surface area contributed by atoms with E-state index in [4.69, 9.17) is 0 Å². The molecule has 0 amide bonds. The molecule has 0 aromatic heterocycles. The van der Waals surface area contributed by atoms with Crippen LogP contribution in [0.1, 0.15) is 74.9 Å². The average Bonchev–Trinajstić information content (AvgIpc) is 3.33. The van der Waals surface area contributed by atoms with Gasteiger partial charge in [0.25, 0.3) is 6.71 Å². The van der Waals surface area contributed by atoms with Crippen molar-refractivity contribution in [2.75, 3.05) is 14.7 Å². The lowest BCUT2D eigenvalue weighted by Gasteiger charge is -2.45. The van der Waals surface area contributed by atoms with E-state index in [2.05, 4.69) is 266 Å². The van der Waals surface area contributed by atoms with Crippen LogP contribution in [0, 0.1) is 39.8 Å². The van der Waals surface area contributed by atoms with Crippen molar-refractivity contribution in [1.29, 1.82) is 0 Å². The average molecular weight is 906 g/mol. The minimum Gasteiger partial charge on any atom is -0.311 e. The lowest BCUT2D eigenvalue weighted by atomic mass is 9.33. The number of aryl methyl sites for hydroxylation is 4. The lowest BCUT2D eigenvalue weighted by Crippen LogP contribution is -2.61. The summed E-state index contributed by atoms with van der Waals surface area (Å²) in [5.74, 6) is 0. The molecule has 11 rings (SSSR count). The maximum absolute atomic E-state index is 3.29. The predicted octanol–water partition coefficient (Wildman–Crippen LogP) is 16.0. The first-order chi connectivity index (χ1) is 33.6. The molecule has 2 aliphatic rings. The van der Waals surface area contributed by atoms with Crippen molar-refractivity contribution >= 4 is 74.3 Å². The van der Waals surface area contributed by atoms with Crippen LogP contribution in [0.3, 0.4) is 0 Å². The SMILES string of the molecule is Cc1cc(C)cc(N2c3cc(-c4ccc(C(C)(C)C)cc4)ccc3B3c4ccc(-c5ccc(C(C)(C)C)cc5)cc4N(c4cc(C)cc(C)c4)c4cc(N(c5cc#ccc5)c5ccccc5)cc2c43)c1. The van der Waals surface area contributed by atoms with Gasteiger partial charge in [0.05, 0.1) is 11.4 Å². The molecule has 70 heavy (non-hydrogen) atoms. The van der Waals surface area contributed by atoms with E-state index in [1.807, 2.05) is 12.1 Å². The molecule has 2 heterocycles. The Labute approximate surface area is 416 Å². The summed E-state index contributed by atoms with van der Waals surface area (Å²) in [6.45, 7) is 22.5. The van der Waals surface area contributed by atoms with Crippen LogP contribution < -0.4 is 31.1 Å². The van der Waals surface area contributed by atoms with Crippen molar-refractivity contribution in [3.63, 3.8) is 0 Å². The molecule has 0 aliphatic carbocycles. The quantitative estimate of drug-likeness (QED) is 0.148. The third kappa shape index (κ3) is 8.04. The van der Waals surface area contributed by atoms with E-state index < -0.39 is 0 Å². The second kappa shape index (κ2) is 17.0. The van der Waals surface area contributed by atoms with E-state index in [1.54, 1.807) is 0 Å². The third-order valence-electron chi connectivity index (χ3n) is 14.3. The highest BCUT2D eigenvalue weighted by molar-refractivity contribution is 7.00. The van der Waals surface area contributed by atoms with Gasteiger partial charge in [0.15, 0.2) is 0 Å². The molecular weight excluding hydrogens is 846 g/mol. The van der Waals surface area contributed by atoms with E-state index in [1.165, 1.54) is 83.4 Å². The molecule has 0 saturated heterocycles. The van der Waals surface area contributed by atoms with E-state index in [-0.39, 0.29) is 17.5 Å². The molecule has 3 nitrogen and oxygen atoms in total. The standard InChI is InChI=1S/C66H60BN3/c1-43-33-44(2)36-55(35-43)69-60-39-49(47-21-27-51(28-22-47)65(5,6)7)25-31-58(60)67-59-32-26-50(48-23-29-52(30-24-48)66(8,9)10)40-61(59)70(56-37-45(3)34-46(4)38-56)63-42-57(41-62(69)64(63)67)68(53-17-13-11-14-18-53)54-19-15-12-16-20-54/h11,13-15,17-42H,1-10H3. The molecule has 0 spiro atoms. The second-order valence-electron chi connectivity index (χ2n) is 21.8. The summed E-state index contributed by atoms with van der Waals surface area (Å²) in [5, 5.41) is 0. The van der Waals surface area contributed by atoms with Crippen molar-refractivity contribution in [3.8, 4) is 22.3 Å². The molecule has 0 unspecified atom stereocenters. The summed E-state index contributed by atoms with van der Waals surface area (Å²) in [6, 6.07) is 75.1. The third-order valence-corrected chi connectivity index (χ3v) is 14.3. The fourth-order valence-corrected chi connectivity index (χ4v) is 11.0. The van der Waals surface area contributed by atoms with Gasteiger partial charge in [-0.15, -0.1) is 0 Å². The summed E-state index contributed by atoms with van der Waals surface area (Å²) < 4.78 is 0. The second-order valence-corrected chi connectivity index (χ2v) is 21.8. The number of hydrogen-bond acceptors (Lipinski definition) is 3. The zero-order valence-corrected chi connectivity index (χ0v) is 42.2. The Bertz CT molecular complexity index is 3170. The summed E-state index contributed by atoms with van der Waals surface area (Å²) >= 11 is 0. The van der Waals surface area contributed by atoms with Crippen LogP contribution in [0.4, 0.5) is 51.2 Å². The first kappa shape index (κ1) is 44.8. The fraction of sp³-hybridized carbons (Fsp3) is 0.182. The molecule has 0 saturated carbocycles. The molecule has 9 aromatic carbocycles. The molecule has 2 aliphatic heterocycles. The van der Waals surface area contributed by atoms with Crippen LogP contribution in [-0.2, 0) is 10.8 Å². The predicted molar refractivity (Wildman–Crippen MR) is 300 cm³/mol. The molecule has 0 radical (unpaired) electrons. The normalized spacial score (nSPS) is 12.8. The molecule has 9 aromatic rings. The fourth-order valence-electron chi connectivity index (χ4n) is 11.0. The Hall–Kier alpha value is -7.74. The summed E-state index contributed by atoms with van der Waals surface area (Å²) in [5.41, 5.74) is 26.4. The van der Waals surface area contributed by atoms with Crippen LogP contribution in [0.5, 0.6) is 0 Å². The maximum atomic E-state index is 3.29. The van der Waals surface area contributed by atoms with Gasteiger partial charge in [-0.05, 0) is 183 Å². The molecule has 0 bridgehead atoms. The van der Waals surface area contributed by atoms with Crippen molar-refractivity contribution in [3.05, 3.63) is 228 Å². The Morgan fingerprint density at radius 3 is 1.26 bits per heavy atom. The molecular formula is C66H60BN3. The smallest absolute Gasteiger partial charge is 0.252 e. The monoisotopic (exact) mass is 905 g/mol. The van der Waals surface area contributed by atoms with E-state index in [0.29, 0.717) is 0 Å². The maximum Gasteiger partial charge on any atom is 0.252 e. The van der Waals surface area contributed by atoms with Crippen molar-refractivity contribution in [1.82, 2.24) is 0 Å². The summed E-state index contributed by atoms with van der Waals surface area (Å²) in [7, 11) is 0. The van der Waals surface area contributed by atoms with E-state index >= 15 is 0 Å². The number of hydrogen-bond donors (Lipinski definition) is 0. The zero-order valence-electron chi connectivity index (χ0n) is 42.2. The number of rotatable bonds is 7. The van der Waals surface area contributed by atoms with Gasteiger partial charge in [-0.3, -0.25) is 0 Å². The van der Waals surface area contributed by atoms with Gasteiger partial charge in [0, 0.05) is 45.9 Å². The number of anilines is 9. The molecule has 0 N–H and O–H groups in total. The molecule has 342 valence electrons. The van der Waals surface area contributed by atoms with Crippen LogP contribution >= 0.6 is 0 Å². The van der Waals surface area contributed by atoms with Gasteiger partial charge in [-0.1, -0.05) is 157 Å². The van der Waals surface area contributed by atoms with Crippen LogP contribution in [-0.4, -0.2) is 6.71 Å². The molecule has 0 atom stereocenters. The summed E-state index contributed by atoms with van der Waals surface area (Å²) in [6.07, 6.45) is 0. The minimum atomic E-state index is -0.0622. The lowest BCUT2D eigenvalue weighted by molar-refractivity contribution is 0.590. The topological polar surface area (TPSA) is 9.72 Å². The number of fused-ring (bicyclic) bond motifs is 4. The van der Waals surface area contributed by atoms with Gasteiger partial charge in [0.1, 0.15) is 0 Å². The molecule has 4 heteroatoms. The Balaban J connectivity index is 1.25. The van der Waals surface area contributed by atoms with Gasteiger partial charge < -0.3 is 14.7 Å². The number of benzene rings is 8. The Kier molecular flexibility index (Phi) is 10.9. The highest BCUT2D eigenvalue weighted by Crippen LogP contribution is 2.49. The largest absolute Gasteiger partial charge is 0.311 e.